The number of hydrogen-bond donors (Lipinski definition) is 1. The monoisotopic (exact) mass is 285 g/mol. The van der Waals surface area contributed by atoms with E-state index in [1.165, 1.54) is 11.1 Å². The van der Waals surface area contributed by atoms with Crippen molar-refractivity contribution in [3.63, 3.8) is 0 Å². The number of aliphatic hydroxyl groups excluding tert-OH is 1. The van der Waals surface area contributed by atoms with Gasteiger partial charge in [-0.15, -0.1) is 0 Å². The summed E-state index contributed by atoms with van der Waals surface area (Å²) in [4.78, 5) is 2.13. The van der Waals surface area contributed by atoms with Gasteiger partial charge in [0.15, 0.2) is 0 Å². The van der Waals surface area contributed by atoms with Crippen LogP contribution in [-0.4, -0.2) is 19.3 Å². The third kappa shape index (κ3) is 3.56. The van der Waals surface area contributed by atoms with Crippen LogP contribution in [0.15, 0.2) is 42.5 Å². The Morgan fingerprint density at radius 3 is 2.38 bits per heavy atom. The van der Waals surface area contributed by atoms with Crippen molar-refractivity contribution in [1.29, 1.82) is 0 Å². The van der Waals surface area contributed by atoms with Crippen molar-refractivity contribution in [2.75, 3.05) is 19.1 Å². The molecule has 0 saturated heterocycles. The first-order chi connectivity index (χ1) is 10.0. The third-order valence-electron chi connectivity index (χ3n) is 3.63. The topological polar surface area (TPSA) is 32.7 Å². The maximum atomic E-state index is 10.1. The zero-order valence-electron chi connectivity index (χ0n) is 13.1. The maximum Gasteiger partial charge on any atom is 0.126 e. The molecule has 21 heavy (non-hydrogen) atoms. The number of nitrogens with zero attached hydrogens (tertiary/aromatic N) is 1. The molecule has 1 atom stereocenters. The fourth-order valence-corrected chi connectivity index (χ4v) is 2.52. The minimum atomic E-state index is -0.573. The van der Waals surface area contributed by atoms with Gasteiger partial charge in [0, 0.05) is 24.8 Å². The van der Waals surface area contributed by atoms with Crippen LogP contribution in [0.2, 0.25) is 0 Å². The summed E-state index contributed by atoms with van der Waals surface area (Å²) >= 11 is 0. The first kappa shape index (κ1) is 15.4. The van der Waals surface area contributed by atoms with Gasteiger partial charge in [-0.3, -0.25) is 0 Å². The Morgan fingerprint density at radius 1 is 1.14 bits per heavy atom. The second kappa shape index (κ2) is 6.64. The minimum Gasteiger partial charge on any atom is -0.496 e. The average molecular weight is 285 g/mol. The Hall–Kier alpha value is -2.00. The second-order valence-electron chi connectivity index (χ2n) is 5.41. The highest BCUT2D eigenvalue weighted by Gasteiger charge is 2.16. The largest absolute Gasteiger partial charge is 0.496 e. The molecule has 0 fully saturated rings. The number of benzene rings is 2. The number of ether oxygens (including phenoxy) is 1. The molecule has 0 aliphatic carbocycles. The quantitative estimate of drug-likeness (QED) is 0.909. The smallest absolute Gasteiger partial charge is 0.126 e. The van der Waals surface area contributed by atoms with Crippen LogP contribution in [-0.2, 0) is 6.54 Å². The Kier molecular flexibility index (Phi) is 4.86. The summed E-state index contributed by atoms with van der Waals surface area (Å²) in [6.07, 6.45) is -0.573. The molecule has 0 aliphatic heterocycles. The van der Waals surface area contributed by atoms with Gasteiger partial charge in [-0.05, 0) is 31.5 Å². The molecular formula is C18H23NO2. The van der Waals surface area contributed by atoms with Crippen LogP contribution in [0.1, 0.15) is 29.7 Å². The van der Waals surface area contributed by atoms with Crippen molar-refractivity contribution in [1.82, 2.24) is 0 Å². The molecule has 0 saturated carbocycles. The van der Waals surface area contributed by atoms with Crippen LogP contribution in [0.4, 0.5) is 5.69 Å². The molecule has 0 aliphatic rings. The van der Waals surface area contributed by atoms with E-state index in [9.17, 15) is 5.11 Å². The zero-order chi connectivity index (χ0) is 15.4. The molecule has 3 heteroatoms. The maximum absolute atomic E-state index is 10.1. The van der Waals surface area contributed by atoms with Gasteiger partial charge in [0.25, 0.3) is 0 Å². The van der Waals surface area contributed by atoms with Gasteiger partial charge in [0.2, 0.25) is 0 Å². The predicted molar refractivity (Wildman–Crippen MR) is 86.9 cm³/mol. The molecule has 0 spiro atoms. The number of aliphatic hydroxyl groups is 1. The molecule has 2 rings (SSSR count). The molecule has 3 nitrogen and oxygen atoms in total. The van der Waals surface area contributed by atoms with Crippen LogP contribution in [0, 0.1) is 6.92 Å². The normalized spacial score (nSPS) is 12.0. The fourth-order valence-electron chi connectivity index (χ4n) is 2.52. The van der Waals surface area contributed by atoms with Gasteiger partial charge in [-0.1, -0.05) is 35.9 Å². The number of hydrogen-bond acceptors (Lipinski definition) is 3. The Morgan fingerprint density at radius 2 is 1.81 bits per heavy atom. The molecule has 2 aromatic carbocycles. The van der Waals surface area contributed by atoms with Gasteiger partial charge < -0.3 is 14.7 Å². The minimum absolute atomic E-state index is 0.573. The molecule has 0 heterocycles. The van der Waals surface area contributed by atoms with E-state index in [1.807, 2.05) is 25.2 Å². The van der Waals surface area contributed by atoms with Crippen LogP contribution in [0.25, 0.3) is 0 Å². The molecule has 1 unspecified atom stereocenters. The second-order valence-corrected chi connectivity index (χ2v) is 5.41. The molecule has 0 aromatic heterocycles. The molecular weight excluding hydrogens is 262 g/mol. The molecule has 1 N–H and O–H groups in total. The van der Waals surface area contributed by atoms with E-state index in [-0.39, 0.29) is 0 Å². The number of rotatable bonds is 5. The van der Waals surface area contributed by atoms with Crippen LogP contribution in [0.3, 0.4) is 0 Å². The van der Waals surface area contributed by atoms with Gasteiger partial charge in [-0.25, -0.2) is 0 Å². The van der Waals surface area contributed by atoms with E-state index in [4.69, 9.17) is 4.74 Å². The lowest BCUT2D eigenvalue weighted by Crippen LogP contribution is -2.19. The lowest BCUT2D eigenvalue weighted by atomic mass is 10.1. The van der Waals surface area contributed by atoms with Crippen LogP contribution >= 0.6 is 0 Å². The van der Waals surface area contributed by atoms with E-state index in [0.717, 1.165) is 23.5 Å². The van der Waals surface area contributed by atoms with E-state index in [2.05, 4.69) is 36.1 Å². The van der Waals surface area contributed by atoms with Gasteiger partial charge in [0.05, 0.1) is 13.2 Å². The highest BCUT2D eigenvalue weighted by molar-refractivity contribution is 5.60. The highest BCUT2D eigenvalue weighted by atomic mass is 16.5. The summed E-state index contributed by atoms with van der Waals surface area (Å²) in [5, 5.41) is 10.1. The first-order valence-electron chi connectivity index (χ1n) is 7.14. The van der Waals surface area contributed by atoms with E-state index in [0.29, 0.717) is 0 Å². The Balaban J connectivity index is 2.30. The van der Waals surface area contributed by atoms with Crippen molar-refractivity contribution < 1.29 is 9.84 Å². The number of methoxy groups -OCH3 is 1. The summed E-state index contributed by atoms with van der Waals surface area (Å²) < 4.78 is 5.38. The van der Waals surface area contributed by atoms with Crippen molar-refractivity contribution in [3.8, 4) is 5.75 Å². The Labute approximate surface area is 126 Å². The van der Waals surface area contributed by atoms with Crippen molar-refractivity contribution in [2.45, 2.75) is 26.5 Å². The van der Waals surface area contributed by atoms with E-state index < -0.39 is 6.10 Å². The van der Waals surface area contributed by atoms with Crippen molar-refractivity contribution in [2.24, 2.45) is 0 Å². The number of anilines is 1. The fraction of sp³-hybridized carbons (Fsp3) is 0.333. The van der Waals surface area contributed by atoms with E-state index in [1.54, 1.807) is 14.0 Å². The standard InChI is InChI=1S/C18H23NO2/c1-13-8-10-15(11-9-13)12-19(3)16-6-5-7-17(21-4)18(16)14(2)20/h5-11,14,20H,12H2,1-4H3. The van der Waals surface area contributed by atoms with Gasteiger partial charge >= 0.3 is 0 Å². The first-order valence-corrected chi connectivity index (χ1v) is 7.14. The summed E-state index contributed by atoms with van der Waals surface area (Å²) in [6.45, 7) is 4.63. The molecule has 112 valence electrons. The Bertz CT molecular complexity index is 591. The third-order valence-corrected chi connectivity index (χ3v) is 3.63. The van der Waals surface area contributed by atoms with Crippen molar-refractivity contribution >= 4 is 5.69 Å². The lowest BCUT2D eigenvalue weighted by molar-refractivity contribution is 0.194. The summed E-state index contributed by atoms with van der Waals surface area (Å²) in [5.74, 6) is 0.721. The molecule has 0 radical (unpaired) electrons. The predicted octanol–water partition coefficient (Wildman–Crippen LogP) is 3.69. The highest BCUT2D eigenvalue weighted by Crippen LogP contribution is 2.34. The number of aryl methyl sites for hydroxylation is 1. The summed E-state index contributed by atoms with van der Waals surface area (Å²) in [6, 6.07) is 14.3. The van der Waals surface area contributed by atoms with Gasteiger partial charge in [0.1, 0.15) is 5.75 Å². The van der Waals surface area contributed by atoms with Crippen LogP contribution < -0.4 is 9.64 Å². The van der Waals surface area contributed by atoms with Crippen LogP contribution in [0.5, 0.6) is 5.75 Å². The lowest BCUT2D eigenvalue weighted by Gasteiger charge is -2.25. The van der Waals surface area contributed by atoms with Crippen molar-refractivity contribution in [3.05, 3.63) is 59.2 Å². The SMILES string of the molecule is COc1cccc(N(C)Cc2ccc(C)cc2)c1C(C)O. The molecule has 0 amide bonds. The summed E-state index contributed by atoms with van der Waals surface area (Å²) in [5.41, 5.74) is 4.31. The average Bonchev–Trinajstić information content (AvgIpc) is 2.48. The summed E-state index contributed by atoms with van der Waals surface area (Å²) in [7, 11) is 3.66. The van der Waals surface area contributed by atoms with E-state index >= 15 is 0 Å². The van der Waals surface area contributed by atoms with Gasteiger partial charge in [-0.2, -0.15) is 0 Å². The molecule has 2 aromatic rings. The molecule has 0 bridgehead atoms. The zero-order valence-corrected chi connectivity index (χ0v) is 13.1.